The molecule has 2 aromatic carbocycles. The van der Waals surface area contributed by atoms with Crippen molar-refractivity contribution in [3.63, 3.8) is 0 Å². The molecule has 2 rings (SSSR count). The van der Waals surface area contributed by atoms with Crippen molar-refractivity contribution in [2.24, 2.45) is 0 Å². The summed E-state index contributed by atoms with van der Waals surface area (Å²) in [6, 6.07) is 10.4. The lowest BCUT2D eigenvalue weighted by Gasteiger charge is -2.24. The maximum Gasteiger partial charge on any atom is 0.161 e. The van der Waals surface area contributed by atoms with Crippen LogP contribution in [-0.2, 0) is 11.3 Å². The number of hydrogen-bond acceptors (Lipinski definition) is 7. The summed E-state index contributed by atoms with van der Waals surface area (Å²) in [5.74, 6) is 1.93. The number of hydrogen-bond donors (Lipinski definition) is 2. The first-order valence-corrected chi connectivity index (χ1v) is 8.41. The molecule has 0 bridgehead atoms. The summed E-state index contributed by atoms with van der Waals surface area (Å²) in [5, 5.41) is 20.4. The first-order valence-electron chi connectivity index (χ1n) is 8.41. The average molecular weight is 378 g/mol. The number of methoxy groups -OCH3 is 4. The van der Waals surface area contributed by atoms with Crippen LogP contribution in [0.2, 0.25) is 0 Å². The first-order chi connectivity index (χ1) is 13.1. The molecule has 7 heteroatoms. The third-order valence-corrected chi connectivity index (χ3v) is 4.10. The lowest BCUT2D eigenvalue weighted by atomic mass is 10.0. The molecule has 0 saturated carbocycles. The zero-order valence-electron chi connectivity index (χ0n) is 16.0. The predicted octanol–water partition coefficient (Wildman–Crippen LogP) is 2.33. The van der Waals surface area contributed by atoms with Crippen molar-refractivity contribution in [3.8, 4) is 23.0 Å². The highest BCUT2D eigenvalue weighted by atomic mass is 16.5. The van der Waals surface area contributed by atoms with Gasteiger partial charge in [0.1, 0.15) is 6.10 Å². The Hall–Kier alpha value is -2.48. The molecule has 27 heavy (non-hydrogen) atoms. The van der Waals surface area contributed by atoms with E-state index in [-0.39, 0.29) is 0 Å². The monoisotopic (exact) mass is 378 g/mol. The number of rotatable bonds is 10. The Labute approximate surface area is 159 Å². The van der Waals surface area contributed by atoms with Crippen LogP contribution < -0.4 is 18.9 Å². The number of benzene rings is 2. The summed E-state index contributed by atoms with van der Waals surface area (Å²) in [6.07, 6.45) is -1.98. The van der Waals surface area contributed by atoms with Crippen molar-refractivity contribution < 1.29 is 33.9 Å². The van der Waals surface area contributed by atoms with Gasteiger partial charge in [-0.25, -0.2) is 0 Å². The van der Waals surface area contributed by atoms with Gasteiger partial charge in [-0.3, -0.25) is 0 Å². The van der Waals surface area contributed by atoms with Crippen LogP contribution in [0.1, 0.15) is 17.2 Å². The molecule has 0 heterocycles. The topological polar surface area (TPSA) is 86.6 Å². The van der Waals surface area contributed by atoms with Crippen LogP contribution in [0.25, 0.3) is 0 Å². The minimum atomic E-state index is -1.09. The van der Waals surface area contributed by atoms with Crippen molar-refractivity contribution >= 4 is 0 Å². The van der Waals surface area contributed by atoms with Crippen molar-refractivity contribution in [2.45, 2.75) is 18.8 Å². The minimum absolute atomic E-state index is 0.390. The Morgan fingerprint density at radius 1 is 0.815 bits per heavy atom. The molecule has 0 aliphatic carbocycles. The van der Waals surface area contributed by atoms with Gasteiger partial charge in [-0.1, -0.05) is 12.1 Å². The lowest BCUT2D eigenvalue weighted by molar-refractivity contribution is -0.000546. The molecule has 2 atom stereocenters. The van der Waals surface area contributed by atoms with Gasteiger partial charge in [0.25, 0.3) is 0 Å². The molecule has 0 aromatic heterocycles. The summed E-state index contributed by atoms with van der Waals surface area (Å²) < 4.78 is 26.7. The Bertz CT molecular complexity index is 732. The van der Waals surface area contributed by atoms with Crippen LogP contribution in [0, 0.1) is 0 Å². The molecule has 2 aromatic rings. The highest BCUT2D eigenvalue weighted by Crippen LogP contribution is 2.34. The Morgan fingerprint density at radius 3 is 2.04 bits per heavy atom. The van der Waals surface area contributed by atoms with E-state index in [4.69, 9.17) is 23.7 Å². The van der Waals surface area contributed by atoms with Crippen molar-refractivity contribution in [2.75, 3.05) is 35.0 Å². The average Bonchev–Trinajstić information content (AvgIpc) is 2.71. The second-order valence-corrected chi connectivity index (χ2v) is 5.82. The summed E-state index contributed by atoms with van der Waals surface area (Å²) in [5.41, 5.74) is 1.45. The maximum atomic E-state index is 10.7. The zero-order chi connectivity index (χ0) is 19.8. The van der Waals surface area contributed by atoms with Crippen molar-refractivity contribution in [1.29, 1.82) is 0 Å². The van der Waals surface area contributed by atoms with Gasteiger partial charge in [-0.2, -0.15) is 0 Å². The quantitative estimate of drug-likeness (QED) is 0.656. The number of aliphatic hydroxyl groups excluding tert-OH is 2. The summed E-state index contributed by atoms with van der Waals surface area (Å²) in [4.78, 5) is 0. The van der Waals surface area contributed by atoms with E-state index in [1.165, 1.54) is 21.3 Å². The molecule has 2 N–H and O–H groups in total. The summed E-state index contributed by atoms with van der Waals surface area (Å²) in [7, 11) is 6.18. The van der Waals surface area contributed by atoms with Crippen LogP contribution in [0.4, 0.5) is 0 Å². The zero-order valence-corrected chi connectivity index (χ0v) is 16.0. The minimum Gasteiger partial charge on any atom is -0.493 e. The Kier molecular flexibility index (Phi) is 7.72. The largest absolute Gasteiger partial charge is 0.493 e. The van der Waals surface area contributed by atoms with E-state index in [2.05, 4.69) is 0 Å². The van der Waals surface area contributed by atoms with Crippen molar-refractivity contribution in [1.82, 2.24) is 0 Å². The molecule has 0 spiro atoms. The molecule has 0 fully saturated rings. The fraction of sp³-hybridized carbons (Fsp3) is 0.400. The van der Waals surface area contributed by atoms with E-state index < -0.39 is 18.8 Å². The highest BCUT2D eigenvalue weighted by molar-refractivity contribution is 5.45. The van der Waals surface area contributed by atoms with Gasteiger partial charge in [0.15, 0.2) is 29.1 Å². The van der Waals surface area contributed by atoms with Crippen LogP contribution in [0.15, 0.2) is 36.4 Å². The van der Waals surface area contributed by atoms with E-state index in [0.717, 1.165) is 5.56 Å². The van der Waals surface area contributed by atoms with Gasteiger partial charge in [-0.05, 0) is 35.4 Å². The molecule has 0 radical (unpaired) electrons. The smallest absolute Gasteiger partial charge is 0.161 e. The second-order valence-electron chi connectivity index (χ2n) is 5.82. The van der Waals surface area contributed by atoms with E-state index in [0.29, 0.717) is 35.2 Å². The predicted molar refractivity (Wildman–Crippen MR) is 99.7 cm³/mol. The molecule has 0 unspecified atom stereocenters. The molecule has 7 nitrogen and oxygen atoms in total. The number of ether oxygens (including phenoxy) is 5. The summed E-state index contributed by atoms with van der Waals surface area (Å²) in [6.45, 7) is 0.0484. The van der Waals surface area contributed by atoms with Gasteiger partial charge in [0, 0.05) is 7.11 Å². The van der Waals surface area contributed by atoms with E-state index in [1.807, 2.05) is 6.07 Å². The molecule has 0 saturated heterocycles. The van der Waals surface area contributed by atoms with Gasteiger partial charge < -0.3 is 33.9 Å². The normalized spacial score (nSPS) is 13.0. The third-order valence-electron chi connectivity index (χ3n) is 4.10. The van der Waals surface area contributed by atoms with Crippen LogP contribution in [0.3, 0.4) is 0 Å². The van der Waals surface area contributed by atoms with Crippen molar-refractivity contribution in [3.05, 3.63) is 47.5 Å². The van der Waals surface area contributed by atoms with Gasteiger partial charge in [0.05, 0.1) is 34.5 Å². The second kappa shape index (κ2) is 10.0. The van der Waals surface area contributed by atoms with Crippen LogP contribution >= 0.6 is 0 Å². The molecule has 0 aliphatic heterocycles. The lowest BCUT2D eigenvalue weighted by Crippen LogP contribution is -2.29. The molecular weight excluding hydrogens is 352 g/mol. The maximum absolute atomic E-state index is 10.7. The van der Waals surface area contributed by atoms with Crippen LogP contribution in [0.5, 0.6) is 23.0 Å². The molecule has 0 aliphatic rings. The van der Waals surface area contributed by atoms with E-state index >= 15 is 0 Å². The fourth-order valence-electron chi connectivity index (χ4n) is 2.68. The van der Waals surface area contributed by atoms with Gasteiger partial charge in [0.2, 0.25) is 0 Å². The molecular formula is C20H26O7. The van der Waals surface area contributed by atoms with Gasteiger partial charge in [-0.15, -0.1) is 0 Å². The van der Waals surface area contributed by atoms with Crippen LogP contribution in [-0.4, -0.2) is 51.4 Å². The summed E-state index contributed by atoms with van der Waals surface area (Å²) >= 11 is 0. The highest BCUT2D eigenvalue weighted by Gasteiger charge is 2.24. The van der Waals surface area contributed by atoms with E-state index in [9.17, 15) is 10.2 Å². The van der Waals surface area contributed by atoms with E-state index in [1.54, 1.807) is 37.4 Å². The SMILES string of the molecule is COCc1ccc(O[C@@H](CO)[C@@H](O)c2ccc(OC)c(OC)c2)c(OC)c1. The molecule has 148 valence electrons. The molecule has 0 amide bonds. The third kappa shape index (κ3) is 5.03. The standard InChI is InChI=1S/C20H26O7/c1-23-12-13-5-7-16(17(9-13)25-3)27-19(11-21)20(22)14-6-8-15(24-2)18(10-14)26-4/h5-10,19-22H,11-12H2,1-4H3/t19-,20-/m0/s1. The Morgan fingerprint density at radius 2 is 1.44 bits per heavy atom. The number of aliphatic hydroxyl groups is 2. The Balaban J connectivity index is 2.24. The fourth-order valence-corrected chi connectivity index (χ4v) is 2.68. The first kappa shape index (κ1) is 20.8. The van der Waals surface area contributed by atoms with Gasteiger partial charge >= 0.3 is 0 Å².